The molecule has 0 saturated carbocycles. The zero-order chi connectivity index (χ0) is 7.40. The van der Waals surface area contributed by atoms with Gasteiger partial charge in [-0.15, -0.1) is 0 Å². The van der Waals surface area contributed by atoms with Crippen LogP contribution in [0, 0.1) is 0 Å². The van der Waals surface area contributed by atoms with Crippen molar-refractivity contribution in [2.45, 2.75) is 27.8 Å². The number of hydrogen-bond donors (Lipinski definition) is 0. The molecule has 0 aromatic heterocycles. The van der Waals surface area contributed by atoms with Crippen LogP contribution in [0.3, 0.4) is 0 Å². The molecule has 0 N–H and O–H groups in total. The Labute approximate surface area is 69.8 Å². The van der Waals surface area contributed by atoms with Crippen molar-refractivity contribution in [1.29, 1.82) is 0 Å². The van der Waals surface area contributed by atoms with Crippen molar-refractivity contribution in [1.82, 2.24) is 4.90 Å². The molecule has 1 nitrogen and oxygen atoms in total. The van der Waals surface area contributed by atoms with E-state index >= 15 is 0 Å². The van der Waals surface area contributed by atoms with E-state index in [0.717, 1.165) is 0 Å². The van der Waals surface area contributed by atoms with Crippen molar-refractivity contribution in [2.75, 3.05) is 20.6 Å². The predicted octanol–water partition coefficient (Wildman–Crippen LogP) is 1.84. The van der Waals surface area contributed by atoms with Crippen molar-refractivity contribution in [3.63, 3.8) is 0 Å². The normalized spacial score (nSPS) is 18.9. The summed E-state index contributed by atoms with van der Waals surface area (Å²) in [6.07, 6.45) is 3.14. The molecular formula is C8H18GaN. The topological polar surface area (TPSA) is 3.24 Å². The number of rotatable bonds is 3. The Morgan fingerprint density at radius 2 is 1.80 bits per heavy atom. The first-order valence-electron chi connectivity index (χ1n) is 4.44. The van der Waals surface area contributed by atoms with Gasteiger partial charge in [-0.05, 0) is 0 Å². The molecule has 2 heteroatoms. The van der Waals surface area contributed by atoms with Crippen LogP contribution in [0.2, 0.25) is 14.9 Å². The minimum absolute atomic E-state index is 0.612. The van der Waals surface area contributed by atoms with Crippen LogP contribution in [-0.4, -0.2) is 41.8 Å². The molecule has 1 aliphatic heterocycles. The number of hydrogen-bond acceptors (Lipinski definition) is 1. The first-order valence-corrected chi connectivity index (χ1v) is 9.57. The summed E-state index contributed by atoms with van der Waals surface area (Å²) >= 11 is -0.612. The van der Waals surface area contributed by atoms with Gasteiger partial charge in [0.05, 0.1) is 0 Å². The molecule has 1 saturated heterocycles. The SMILES string of the molecule is CN(C)C[CH2][Ga]1[CH2]CC[CH2]1. The van der Waals surface area contributed by atoms with Gasteiger partial charge in [-0.2, -0.15) is 0 Å². The summed E-state index contributed by atoms with van der Waals surface area (Å²) in [4.78, 5) is 7.31. The zero-order valence-corrected chi connectivity index (χ0v) is 9.69. The van der Waals surface area contributed by atoms with Gasteiger partial charge in [0.25, 0.3) is 0 Å². The van der Waals surface area contributed by atoms with E-state index in [1.807, 2.05) is 0 Å². The van der Waals surface area contributed by atoms with Crippen LogP contribution < -0.4 is 0 Å². The van der Waals surface area contributed by atoms with Crippen LogP contribution in [0.5, 0.6) is 0 Å². The standard InChI is InChI=1S/C4H10N.C4H8.Ga/c1-4-5(2)3;1-3-4-2;/h1,4H2,2-3H3;1-4H2;. The second-order valence-corrected chi connectivity index (χ2v) is 11.0. The third-order valence-corrected chi connectivity index (χ3v) is 9.85. The van der Waals surface area contributed by atoms with Gasteiger partial charge in [0.15, 0.2) is 0 Å². The van der Waals surface area contributed by atoms with E-state index in [1.54, 1.807) is 27.8 Å². The fraction of sp³-hybridized carbons (Fsp3) is 1.00. The fourth-order valence-electron chi connectivity index (χ4n) is 1.74. The van der Waals surface area contributed by atoms with Crippen molar-refractivity contribution in [2.24, 2.45) is 0 Å². The molecule has 10 heavy (non-hydrogen) atoms. The van der Waals surface area contributed by atoms with Gasteiger partial charge < -0.3 is 0 Å². The first kappa shape index (κ1) is 8.69. The molecule has 0 bridgehead atoms. The molecule has 0 unspecified atom stereocenters. The monoisotopic (exact) mass is 197 g/mol. The van der Waals surface area contributed by atoms with E-state index in [-0.39, 0.29) is 0 Å². The summed E-state index contributed by atoms with van der Waals surface area (Å²) in [6, 6.07) is 0. The Bertz CT molecular complexity index is 87.3. The molecule has 0 radical (unpaired) electrons. The van der Waals surface area contributed by atoms with Gasteiger partial charge >= 0.3 is 69.5 Å². The van der Waals surface area contributed by atoms with Crippen LogP contribution in [0.1, 0.15) is 12.8 Å². The summed E-state index contributed by atoms with van der Waals surface area (Å²) in [5.41, 5.74) is 0. The fourth-order valence-corrected chi connectivity index (χ4v) is 9.04. The Morgan fingerprint density at radius 3 is 2.30 bits per heavy atom. The maximum atomic E-state index is 2.34. The Morgan fingerprint density at radius 1 is 1.20 bits per heavy atom. The van der Waals surface area contributed by atoms with E-state index in [9.17, 15) is 0 Å². The summed E-state index contributed by atoms with van der Waals surface area (Å²) in [7, 11) is 4.38. The van der Waals surface area contributed by atoms with Crippen molar-refractivity contribution >= 4 is 16.2 Å². The number of nitrogens with zero attached hydrogens (tertiary/aromatic N) is 1. The van der Waals surface area contributed by atoms with E-state index in [2.05, 4.69) is 19.0 Å². The van der Waals surface area contributed by atoms with E-state index in [0.29, 0.717) is 0 Å². The Balaban J connectivity index is 2.01. The Hall–Kier alpha value is 0.596. The third kappa shape index (κ3) is 3.13. The van der Waals surface area contributed by atoms with E-state index in [4.69, 9.17) is 0 Å². The average molecular weight is 198 g/mol. The van der Waals surface area contributed by atoms with Gasteiger partial charge in [0.2, 0.25) is 0 Å². The van der Waals surface area contributed by atoms with Crippen molar-refractivity contribution < 1.29 is 0 Å². The second-order valence-electron chi connectivity index (χ2n) is 3.74. The van der Waals surface area contributed by atoms with Gasteiger partial charge in [-0.3, -0.25) is 0 Å². The maximum absolute atomic E-state index is 2.34. The molecule has 1 aliphatic rings. The van der Waals surface area contributed by atoms with Gasteiger partial charge in [0.1, 0.15) is 0 Å². The van der Waals surface area contributed by atoms with Crippen molar-refractivity contribution in [3.05, 3.63) is 0 Å². The second kappa shape index (κ2) is 4.47. The molecule has 58 valence electrons. The third-order valence-electron chi connectivity index (χ3n) is 2.46. The summed E-state index contributed by atoms with van der Waals surface area (Å²) < 4.78 is 0. The molecule has 0 spiro atoms. The molecule has 0 atom stereocenters. The molecule has 1 heterocycles. The molecule has 1 rings (SSSR count). The van der Waals surface area contributed by atoms with Crippen LogP contribution in [-0.2, 0) is 0 Å². The molecule has 0 aromatic carbocycles. The molecule has 0 aliphatic carbocycles. The molecular weight excluding hydrogens is 180 g/mol. The first-order chi connectivity index (χ1) is 4.79. The molecule has 1 fully saturated rings. The van der Waals surface area contributed by atoms with Crippen LogP contribution >= 0.6 is 0 Å². The summed E-state index contributed by atoms with van der Waals surface area (Å²) in [5.74, 6) is 0. The molecule has 0 amide bonds. The Kier molecular flexibility index (Phi) is 3.88. The quantitative estimate of drug-likeness (QED) is 0.625. The van der Waals surface area contributed by atoms with Crippen LogP contribution in [0.4, 0.5) is 0 Å². The van der Waals surface area contributed by atoms with Crippen LogP contribution in [0.15, 0.2) is 0 Å². The van der Waals surface area contributed by atoms with Crippen LogP contribution in [0.25, 0.3) is 0 Å². The summed E-state index contributed by atoms with van der Waals surface area (Å²) in [6.45, 7) is 1.37. The zero-order valence-electron chi connectivity index (χ0n) is 7.27. The summed E-state index contributed by atoms with van der Waals surface area (Å²) in [5, 5.41) is 0. The minimum atomic E-state index is -0.612. The van der Waals surface area contributed by atoms with E-state index in [1.165, 1.54) is 6.54 Å². The van der Waals surface area contributed by atoms with Gasteiger partial charge in [0, 0.05) is 0 Å². The van der Waals surface area contributed by atoms with Crippen molar-refractivity contribution in [3.8, 4) is 0 Å². The van der Waals surface area contributed by atoms with Gasteiger partial charge in [-0.25, -0.2) is 0 Å². The molecule has 0 aromatic rings. The predicted molar refractivity (Wildman–Crippen MR) is 48.0 cm³/mol. The van der Waals surface area contributed by atoms with Gasteiger partial charge in [-0.1, -0.05) is 0 Å². The van der Waals surface area contributed by atoms with E-state index < -0.39 is 16.2 Å². The average Bonchev–Trinajstić information content (AvgIpc) is 2.34.